The van der Waals surface area contributed by atoms with Crippen molar-refractivity contribution < 1.29 is 14.3 Å². The van der Waals surface area contributed by atoms with Gasteiger partial charge in [-0.05, 0) is 20.8 Å². The summed E-state index contributed by atoms with van der Waals surface area (Å²) in [5.74, 6) is -0.0312. The summed E-state index contributed by atoms with van der Waals surface area (Å²) in [5, 5.41) is 2.67. The molecule has 0 saturated heterocycles. The van der Waals surface area contributed by atoms with E-state index in [-0.39, 0.29) is 12.2 Å². The van der Waals surface area contributed by atoms with E-state index in [1.807, 2.05) is 20.8 Å². The van der Waals surface area contributed by atoms with Gasteiger partial charge in [0.1, 0.15) is 5.69 Å². The molecule has 1 aromatic heterocycles. The van der Waals surface area contributed by atoms with Gasteiger partial charge in [0.15, 0.2) is 12.1 Å². The highest BCUT2D eigenvalue weighted by Crippen LogP contribution is 2.12. The number of carbonyl (C=O) groups is 1. The summed E-state index contributed by atoms with van der Waals surface area (Å²) in [6.45, 7) is 6.71. The molecule has 0 spiro atoms. The van der Waals surface area contributed by atoms with E-state index in [2.05, 4.69) is 4.98 Å². The average molecular weight is 243 g/mol. The van der Waals surface area contributed by atoms with Crippen LogP contribution < -0.4 is 0 Å². The van der Waals surface area contributed by atoms with Crippen molar-refractivity contribution in [3.63, 3.8) is 0 Å². The fraction of sp³-hybridized carbons (Fsp3) is 0.636. The molecule has 0 bridgehead atoms. The molecule has 0 saturated carbocycles. The molecule has 0 fully saturated rings. The highest BCUT2D eigenvalue weighted by molar-refractivity contribution is 7.09. The normalized spacial score (nSPS) is 11.0. The van der Waals surface area contributed by atoms with E-state index >= 15 is 0 Å². The highest BCUT2D eigenvalue weighted by Gasteiger charge is 2.17. The van der Waals surface area contributed by atoms with Gasteiger partial charge in [0.2, 0.25) is 0 Å². The molecule has 1 heterocycles. The van der Waals surface area contributed by atoms with Crippen LogP contribution in [0.15, 0.2) is 5.38 Å². The molecule has 0 unspecified atom stereocenters. The first-order valence-electron chi connectivity index (χ1n) is 5.35. The van der Waals surface area contributed by atoms with Crippen LogP contribution in [0.3, 0.4) is 0 Å². The minimum Gasteiger partial charge on any atom is -0.352 e. The van der Waals surface area contributed by atoms with Crippen molar-refractivity contribution in [3.8, 4) is 0 Å². The summed E-state index contributed by atoms with van der Waals surface area (Å²) < 4.78 is 10.6. The Morgan fingerprint density at radius 2 is 2.06 bits per heavy atom. The Labute approximate surface area is 99.6 Å². The second-order valence-corrected chi connectivity index (χ2v) is 4.28. The Hall–Kier alpha value is -0.780. The Kier molecular flexibility index (Phi) is 5.59. The number of ketones is 1. The van der Waals surface area contributed by atoms with E-state index in [0.717, 1.165) is 5.01 Å². The van der Waals surface area contributed by atoms with Crippen molar-refractivity contribution in [3.05, 3.63) is 16.1 Å². The Bertz CT molecular complexity index is 332. The van der Waals surface area contributed by atoms with Crippen LogP contribution in [-0.2, 0) is 9.47 Å². The van der Waals surface area contributed by atoms with Crippen molar-refractivity contribution in [2.24, 2.45) is 0 Å². The molecule has 0 aliphatic heterocycles. The van der Waals surface area contributed by atoms with Crippen molar-refractivity contribution in [2.45, 2.75) is 33.5 Å². The van der Waals surface area contributed by atoms with E-state index in [1.54, 1.807) is 5.38 Å². The van der Waals surface area contributed by atoms with Crippen molar-refractivity contribution in [1.29, 1.82) is 0 Å². The standard InChI is InChI=1S/C11H17NO3S/c1-4-14-11(15-5-2)6-10(13)9-7-16-8(3)12-9/h7,11H,4-6H2,1-3H3. The Morgan fingerprint density at radius 1 is 1.44 bits per heavy atom. The number of Topliss-reactive ketones (excluding diaryl/α,β-unsaturated/α-hetero) is 1. The lowest BCUT2D eigenvalue weighted by Gasteiger charge is -2.15. The number of rotatable bonds is 7. The second-order valence-electron chi connectivity index (χ2n) is 3.22. The third-order valence-electron chi connectivity index (χ3n) is 1.96. The van der Waals surface area contributed by atoms with E-state index in [0.29, 0.717) is 18.9 Å². The largest absolute Gasteiger partial charge is 0.352 e. The number of nitrogens with zero attached hydrogens (tertiary/aromatic N) is 1. The summed E-state index contributed by atoms with van der Waals surface area (Å²) >= 11 is 1.47. The summed E-state index contributed by atoms with van der Waals surface area (Å²) in [6, 6.07) is 0. The highest BCUT2D eigenvalue weighted by atomic mass is 32.1. The maximum Gasteiger partial charge on any atom is 0.187 e. The maximum atomic E-state index is 11.8. The Balaban J connectivity index is 2.54. The lowest BCUT2D eigenvalue weighted by molar-refractivity contribution is -0.133. The van der Waals surface area contributed by atoms with Gasteiger partial charge in [0, 0.05) is 18.6 Å². The van der Waals surface area contributed by atoms with E-state index in [4.69, 9.17) is 9.47 Å². The fourth-order valence-corrected chi connectivity index (χ4v) is 1.90. The van der Waals surface area contributed by atoms with E-state index in [9.17, 15) is 4.79 Å². The molecular formula is C11H17NO3S. The van der Waals surface area contributed by atoms with Gasteiger partial charge in [-0.3, -0.25) is 4.79 Å². The van der Waals surface area contributed by atoms with Crippen molar-refractivity contribution in [1.82, 2.24) is 4.98 Å². The van der Waals surface area contributed by atoms with Gasteiger partial charge in [-0.25, -0.2) is 4.98 Å². The molecule has 1 rings (SSSR count). The molecule has 0 N–H and O–H groups in total. The third-order valence-corrected chi connectivity index (χ3v) is 2.74. The third kappa shape index (κ3) is 4.00. The monoisotopic (exact) mass is 243 g/mol. The van der Waals surface area contributed by atoms with Crippen LogP contribution in [0.5, 0.6) is 0 Å². The molecule has 0 amide bonds. The van der Waals surface area contributed by atoms with Crippen LogP contribution in [0.1, 0.15) is 35.8 Å². The SMILES string of the molecule is CCOC(CC(=O)c1csc(C)n1)OCC. The molecule has 16 heavy (non-hydrogen) atoms. The van der Waals surface area contributed by atoms with Gasteiger partial charge in [-0.1, -0.05) is 0 Å². The van der Waals surface area contributed by atoms with Crippen LogP contribution >= 0.6 is 11.3 Å². The average Bonchev–Trinajstić information content (AvgIpc) is 2.65. The molecule has 0 atom stereocenters. The summed E-state index contributed by atoms with van der Waals surface area (Å²) in [6.07, 6.45) is -0.227. The number of aromatic nitrogens is 1. The minimum atomic E-state index is -0.454. The molecule has 90 valence electrons. The van der Waals surface area contributed by atoms with Gasteiger partial charge in [0.25, 0.3) is 0 Å². The lowest BCUT2D eigenvalue weighted by Crippen LogP contribution is -2.21. The van der Waals surface area contributed by atoms with Crippen molar-refractivity contribution >= 4 is 17.1 Å². The molecule has 0 aliphatic carbocycles. The topological polar surface area (TPSA) is 48.4 Å². The first-order chi connectivity index (χ1) is 7.67. The van der Waals surface area contributed by atoms with Gasteiger partial charge in [0.05, 0.1) is 11.4 Å². The number of hydrogen-bond donors (Lipinski definition) is 0. The maximum absolute atomic E-state index is 11.8. The second kappa shape index (κ2) is 6.73. The lowest BCUT2D eigenvalue weighted by atomic mass is 10.2. The smallest absolute Gasteiger partial charge is 0.187 e. The van der Waals surface area contributed by atoms with Crippen LogP contribution in [0.25, 0.3) is 0 Å². The first-order valence-corrected chi connectivity index (χ1v) is 6.23. The number of thiazole rings is 1. The van der Waals surface area contributed by atoms with Gasteiger partial charge >= 0.3 is 0 Å². The molecule has 0 aliphatic rings. The van der Waals surface area contributed by atoms with Crippen LogP contribution in [-0.4, -0.2) is 30.3 Å². The van der Waals surface area contributed by atoms with Crippen LogP contribution in [0.2, 0.25) is 0 Å². The molecule has 1 aromatic rings. The van der Waals surface area contributed by atoms with Crippen LogP contribution in [0.4, 0.5) is 0 Å². The molecule has 5 heteroatoms. The first kappa shape index (κ1) is 13.3. The van der Waals surface area contributed by atoms with Gasteiger partial charge in [-0.2, -0.15) is 0 Å². The molecule has 4 nitrogen and oxygen atoms in total. The quantitative estimate of drug-likeness (QED) is 0.545. The summed E-state index contributed by atoms with van der Waals surface area (Å²) in [5.41, 5.74) is 0.506. The zero-order chi connectivity index (χ0) is 12.0. The van der Waals surface area contributed by atoms with E-state index < -0.39 is 6.29 Å². The Morgan fingerprint density at radius 3 is 2.50 bits per heavy atom. The molecular weight excluding hydrogens is 226 g/mol. The number of ether oxygens (including phenoxy) is 2. The zero-order valence-electron chi connectivity index (χ0n) is 9.86. The predicted octanol–water partition coefficient (Wildman–Crippen LogP) is 2.42. The molecule has 0 radical (unpaired) electrons. The molecule has 0 aromatic carbocycles. The summed E-state index contributed by atoms with van der Waals surface area (Å²) in [7, 11) is 0. The minimum absolute atomic E-state index is 0.0312. The van der Waals surface area contributed by atoms with Gasteiger partial charge in [-0.15, -0.1) is 11.3 Å². The fourth-order valence-electron chi connectivity index (χ4n) is 1.29. The number of aryl methyl sites for hydroxylation is 1. The van der Waals surface area contributed by atoms with Crippen LogP contribution in [0, 0.1) is 6.92 Å². The summed E-state index contributed by atoms with van der Waals surface area (Å²) in [4.78, 5) is 15.9. The van der Waals surface area contributed by atoms with E-state index in [1.165, 1.54) is 11.3 Å². The van der Waals surface area contributed by atoms with Crippen molar-refractivity contribution in [2.75, 3.05) is 13.2 Å². The zero-order valence-corrected chi connectivity index (χ0v) is 10.7. The predicted molar refractivity (Wildman–Crippen MR) is 62.8 cm³/mol. The number of hydrogen-bond acceptors (Lipinski definition) is 5. The number of carbonyl (C=O) groups excluding carboxylic acids is 1. The van der Waals surface area contributed by atoms with Gasteiger partial charge < -0.3 is 9.47 Å².